The predicted molar refractivity (Wildman–Crippen MR) is 98.7 cm³/mol. The van der Waals surface area contributed by atoms with E-state index in [4.69, 9.17) is 4.42 Å². The first-order valence-corrected chi connectivity index (χ1v) is 9.24. The summed E-state index contributed by atoms with van der Waals surface area (Å²) in [5, 5.41) is -0.291. The number of furan rings is 1. The van der Waals surface area contributed by atoms with Gasteiger partial charge in [0.2, 0.25) is 0 Å². The molecular weight excluding hydrogens is 392 g/mol. The molecule has 0 fully saturated rings. The lowest BCUT2D eigenvalue weighted by Gasteiger charge is -2.12. The average molecular weight is 411 g/mol. The lowest BCUT2D eigenvalue weighted by molar-refractivity contribution is -0.121. The van der Waals surface area contributed by atoms with Gasteiger partial charge in [0.15, 0.2) is 0 Å². The molecule has 2 rings (SSSR count). The maximum absolute atomic E-state index is 12.1. The Hall–Kier alpha value is -1.73. The van der Waals surface area contributed by atoms with Crippen LogP contribution in [0.1, 0.15) is 34.4 Å². The summed E-state index contributed by atoms with van der Waals surface area (Å²) < 4.78 is 6.33. The highest BCUT2D eigenvalue weighted by Gasteiger charge is 2.17. The van der Waals surface area contributed by atoms with E-state index in [9.17, 15) is 9.59 Å². The maximum atomic E-state index is 12.1. The number of thioether (sulfide) groups is 1. The molecule has 5 nitrogen and oxygen atoms in total. The molecule has 2 amide bonds. The number of rotatable bonds is 5. The van der Waals surface area contributed by atoms with Gasteiger partial charge in [-0.15, -0.1) is 11.8 Å². The Bertz CT molecular complexity index is 728. The molecule has 0 unspecified atom stereocenters. The number of carbonyl (C=O) groups is 2. The molecule has 24 heavy (non-hydrogen) atoms. The van der Waals surface area contributed by atoms with Crippen LogP contribution in [0.15, 0.2) is 39.2 Å². The highest BCUT2D eigenvalue weighted by molar-refractivity contribution is 9.10. The van der Waals surface area contributed by atoms with Crippen molar-refractivity contribution < 1.29 is 14.0 Å². The molecule has 0 aliphatic heterocycles. The quantitative estimate of drug-likeness (QED) is 0.736. The third-order valence-electron chi connectivity index (χ3n) is 3.37. The fraction of sp³-hybridized carbons (Fsp3) is 0.294. The number of halogens is 1. The molecule has 1 heterocycles. The van der Waals surface area contributed by atoms with Crippen molar-refractivity contribution in [3.63, 3.8) is 0 Å². The smallest absolute Gasteiger partial charge is 0.273 e. The van der Waals surface area contributed by atoms with Gasteiger partial charge < -0.3 is 4.42 Å². The predicted octanol–water partition coefficient (Wildman–Crippen LogP) is 3.74. The summed E-state index contributed by atoms with van der Waals surface area (Å²) >= 11 is 4.89. The van der Waals surface area contributed by atoms with Crippen LogP contribution in [0, 0.1) is 13.8 Å². The number of nitrogens with one attached hydrogen (secondary N) is 2. The zero-order valence-electron chi connectivity index (χ0n) is 13.7. The zero-order valence-corrected chi connectivity index (χ0v) is 16.1. The van der Waals surface area contributed by atoms with Crippen LogP contribution in [0.2, 0.25) is 0 Å². The minimum atomic E-state index is -0.386. The number of aryl methyl sites for hydroxylation is 2. The minimum absolute atomic E-state index is 0.247. The van der Waals surface area contributed by atoms with Crippen LogP contribution in [0.25, 0.3) is 0 Å². The van der Waals surface area contributed by atoms with Crippen molar-refractivity contribution in [2.75, 3.05) is 0 Å². The monoisotopic (exact) mass is 410 g/mol. The van der Waals surface area contributed by atoms with Gasteiger partial charge in [0, 0.05) is 10.2 Å². The Morgan fingerprint density at radius 3 is 2.46 bits per heavy atom. The van der Waals surface area contributed by atoms with Gasteiger partial charge in [0.1, 0.15) is 11.5 Å². The van der Waals surface area contributed by atoms with Crippen LogP contribution in [-0.4, -0.2) is 17.1 Å². The lowest BCUT2D eigenvalue weighted by atomic mass is 10.2. The molecule has 0 saturated carbocycles. The van der Waals surface area contributed by atoms with Gasteiger partial charge >= 0.3 is 0 Å². The molecule has 0 spiro atoms. The van der Waals surface area contributed by atoms with E-state index in [-0.39, 0.29) is 17.1 Å². The Morgan fingerprint density at radius 1 is 1.21 bits per heavy atom. The first-order chi connectivity index (χ1) is 11.4. The number of hydrogen-bond acceptors (Lipinski definition) is 4. The Balaban J connectivity index is 1.80. The van der Waals surface area contributed by atoms with E-state index in [2.05, 4.69) is 26.8 Å². The molecule has 0 aliphatic carbocycles. The number of benzene rings is 1. The van der Waals surface area contributed by atoms with Crippen LogP contribution >= 0.6 is 27.7 Å². The molecule has 7 heteroatoms. The van der Waals surface area contributed by atoms with Gasteiger partial charge in [-0.25, -0.2) is 0 Å². The van der Waals surface area contributed by atoms with Crippen molar-refractivity contribution in [3.8, 4) is 0 Å². The summed E-state index contributed by atoms with van der Waals surface area (Å²) in [6, 6.07) is 9.59. The normalized spacial score (nSPS) is 11.8. The molecule has 2 aromatic rings. The SMILES string of the molecule is Cc1cc(C(=O)NNC(=O)[C@@H](C)SCc2ccc(Br)cc2)c(C)o1. The number of hydrogen-bond donors (Lipinski definition) is 2. The second-order valence-corrected chi connectivity index (χ2v) is 7.59. The first kappa shape index (κ1) is 18.6. The van der Waals surface area contributed by atoms with Crippen molar-refractivity contribution >= 4 is 39.5 Å². The van der Waals surface area contributed by atoms with Crippen molar-refractivity contribution in [1.29, 1.82) is 0 Å². The zero-order chi connectivity index (χ0) is 17.7. The fourth-order valence-electron chi connectivity index (χ4n) is 2.02. The Morgan fingerprint density at radius 2 is 1.88 bits per heavy atom. The van der Waals surface area contributed by atoms with Crippen molar-refractivity contribution in [1.82, 2.24) is 10.9 Å². The van der Waals surface area contributed by atoms with Gasteiger partial charge in [0.25, 0.3) is 11.8 Å². The molecule has 1 aromatic heterocycles. The number of carbonyl (C=O) groups excluding carboxylic acids is 2. The molecule has 0 bridgehead atoms. The second-order valence-electron chi connectivity index (χ2n) is 5.35. The van der Waals surface area contributed by atoms with Gasteiger partial charge in [-0.3, -0.25) is 20.4 Å². The van der Waals surface area contributed by atoms with Crippen LogP contribution in [-0.2, 0) is 10.5 Å². The van der Waals surface area contributed by atoms with Crippen molar-refractivity contribution in [2.24, 2.45) is 0 Å². The van der Waals surface area contributed by atoms with Crippen LogP contribution in [0.5, 0.6) is 0 Å². The molecule has 0 radical (unpaired) electrons. The molecular formula is C17H19BrN2O3S. The van der Waals surface area contributed by atoms with E-state index in [1.807, 2.05) is 24.3 Å². The number of hydrazine groups is 1. The standard InChI is InChI=1S/C17H19BrN2O3S/c1-10-8-15(11(2)23-10)17(22)20-19-16(21)12(3)24-9-13-4-6-14(18)7-5-13/h4-8,12H,9H2,1-3H3,(H,19,21)(H,20,22)/t12-/m1/s1. The highest BCUT2D eigenvalue weighted by Crippen LogP contribution is 2.19. The lowest BCUT2D eigenvalue weighted by Crippen LogP contribution is -2.45. The van der Waals surface area contributed by atoms with E-state index in [1.54, 1.807) is 26.8 Å². The first-order valence-electron chi connectivity index (χ1n) is 7.40. The largest absolute Gasteiger partial charge is 0.466 e. The van der Waals surface area contributed by atoms with Gasteiger partial charge in [0.05, 0.1) is 10.8 Å². The highest BCUT2D eigenvalue weighted by atomic mass is 79.9. The van der Waals surface area contributed by atoms with E-state index in [1.165, 1.54) is 11.8 Å². The summed E-state index contributed by atoms with van der Waals surface area (Å²) in [4.78, 5) is 24.1. The fourth-order valence-corrected chi connectivity index (χ4v) is 3.13. The summed E-state index contributed by atoms with van der Waals surface area (Å²) in [7, 11) is 0. The molecule has 1 aromatic carbocycles. The third-order valence-corrected chi connectivity index (χ3v) is 5.11. The van der Waals surface area contributed by atoms with Crippen molar-refractivity contribution in [2.45, 2.75) is 31.8 Å². The molecule has 2 N–H and O–H groups in total. The third kappa shape index (κ3) is 5.14. The minimum Gasteiger partial charge on any atom is -0.466 e. The summed E-state index contributed by atoms with van der Waals surface area (Å²) in [6.45, 7) is 5.28. The van der Waals surface area contributed by atoms with Gasteiger partial charge in [-0.05, 0) is 44.5 Å². The molecule has 0 aliphatic rings. The Kier molecular flexibility index (Phi) is 6.51. The van der Waals surface area contributed by atoms with E-state index >= 15 is 0 Å². The van der Waals surface area contributed by atoms with Crippen molar-refractivity contribution in [3.05, 3.63) is 57.5 Å². The maximum Gasteiger partial charge on any atom is 0.273 e. The summed E-state index contributed by atoms with van der Waals surface area (Å²) in [6.07, 6.45) is 0. The van der Waals surface area contributed by atoms with E-state index < -0.39 is 0 Å². The molecule has 128 valence electrons. The van der Waals surface area contributed by atoms with E-state index in [0.717, 1.165) is 15.8 Å². The molecule has 1 atom stereocenters. The second kappa shape index (κ2) is 8.39. The van der Waals surface area contributed by atoms with E-state index in [0.29, 0.717) is 17.1 Å². The summed E-state index contributed by atoms with van der Waals surface area (Å²) in [5.74, 6) is 1.26. The van der Waals surface area contributed by atoms with Gasteiger partial charge in [-0.2, -0.15) is 0 Å². The summed E-state index contributed by atoms with van der Waals surface area (Å²) in [5.41, 5.74) is 6.43. The number of amides is 2. The van der Waals surface area contributed by atoms with Crippen LogP contribution in [0.3, 0.4) is 0 Å². The Labute approximate surface area is 153 Å². The van der Waals surface area contributed by atoms with Gasteiger partial charge in [-0.1, -0.05) is 28.1 Å². The van der Waals surface area contributed by atoms with Crippen LogP contribution in [0.4, 0.5) is 0 Å². The van der Waals surface area contributed by atoms with Crippen LogP contribution < -0.4 is 10.9 Å². The topological polar surface area (TPSA) is 71.3 Å². The average Bonchev–Trinajstić information content (AvgIpc) is 2.90. The molecule has 0 saturated heterocycles.